The van der Waals surface area contributed by atoms with Crippen LogP contribution in [0, 0.1) is 0 Å². The Morgan fingerprint density at radius 2 is 2.27 bits per heavy atom. The molecule has 0 aromatic rings. The van der Waals surface area contributed by atoms with Crippen molar-refractivity contribution < 1.29 is 4.79 Å². The van der Waals surface area contributed by atoms with Crippen molar-refractivity contribution >= 4 is 18.0 Å². The maximum Gasteiger partial charge on any atom is 0.243 e. The lowest BCUT2D eigenvalue weighted by molar-refractivity contribution is -0.123. The molecule has 2 N–H and O–H groups in total. The number of nitrogens with zero attached hydrogens (tertiary/aromatic N) is 2. The number of rotatable bonds is 0. The van der Waals surface area contributed by atoms with Gasteiger partial charge in [-0.2, -0.15) is 0 Å². The molecule has 3 aliphatic heterocycles. The molecule has 3 heterocycles. The topological polar surface area (TPSA) is 65.8 Å². The van der Waals surface area contributed by atoms with Crippen LogP contribution in [-0.4, -0.2) is 30.0 Å². The van der Waals surface area contributed by atoms with Gasteiger partial charge in [0.15, 0.2) is 5.84 Å². The van der Waals surface area contributed by atoms with Crippen molar-refractivity contribution in [2.75, 3.05) is 0 Å². The minimum absolute atomic E-state index is 0.00170. The number of fused-ring (bicyclic) bond motifs is 2. The van der Waals surface area contributed by atoms with Crippen LogP contribution < -0.4 is 10.6 Å². The molecule has 0 aromatic carbocycles. The second-order valence-electron chi connectivity index (χ2n) is 3.73. The highest BCUT2D eigenvalue weighted by atomic mass is 16.2. The summed E-state index contributed by atoms with van der Waals surface area (Å²) in [5.41, 5.74) is 1.97. The third kappa shape index (κ3) is 1.12. The third-order valence-electron chi connectivity index (χ3n) is 2.69. The Morgan fingerprint density at radius 1 is 1.40 bits per heavy atom. The molecule has 0 bridgehead atoms. The van der Waals surface area contributed by atoms with Gasteiger partial charge in [0.2, 0.25) is 5.91 Å². The first-order chi connectivity index (χ1) is 7.25. The summed E-state index contributed by atoms with van der Waals surface area (Å²) in [6, 6.07) is -0.337. The van der Waals surface area contributed by atoms with Crippen molar-refractivity contribution in [1.82, 2.24) is 10.6 Å². The largest absolute Gasteiger partial charge is 0.375 e. The Labute approximate surface area is 86.7 Å². The molecule has 2 unspecified atom stereocenters. The van der Waals surface area contributed by atoms with Crippen LogP contribution in [0.25, 0.3) is 0 Å². The quantitative estimate of drug-likeness (QED) is 0.567. The Hall–Kier alpha value is -1.91. The summed E-state index contributed by atoms with van der Waals surface area (Å²) in [6.07, 6.45) is 5.34. The highest BCUT2D eigenvalue weighted by Gasteiger charge is 2.32. The SMILES string of the molecule is CC1NC2=C3C=CN=C3N=CC2NC1=O. The van der Waals surface area contributed by atoms with E-state index >= 15 is 0 Å². The number of nitrogens with one attached hydrogen (secondary N) is 2. The van der Waals surface area contributed by atoms with Crippen LogP contribution in [-0.2, 0) is 4.79 Å². The first-order valence-corrected chi connectivity index (χ1v) is 4.86. The van der Waals surface area contributed by atoms with E-state index < -0.39 is 0 Å². The van der Waals surface area contributed by atoms with Crippen LogP contribution in [0.5, 0.6) is 0 Å². The zero-order chi connectivity index (χ0) is 10.4. The molecule has 3 aliphatic rings. The van der Waals surface area contributed by atoms with Crippen LogP contribution in [0.2, 0.25) is 0 Å². The predicted octanol–water partition coefficient (Wildman–Crippen LogP) is -0.273. The van der Waals surface area contributed by atoms with Crippen molar-refractivity contribution in [3.63, 3.8) is 0 Å². The second kappa shape index (κ2) is 2.79. The zero-order valence-corrected chi connectivity index (χ0v) is 8.19. The molecule has 3 rings (SSSR count). The summed E-state index contributed by atoms with van der Waals surface area (Å²) in [6.45, 7) is 1.83. The molecule has 0 aliphatic carbocycles. The lowest BCUT2D eigenvalue weighted by Gasteiger charge is -2.32. The first kappa shape index (κ1) is 8.40. The van der Waals surface area contributed by atoms with E-state index in [1.807, 2.05) is 13.0 Å². The fourth-order valence-electron chi connectivity index (χ4n) is 1.88. The van der Waals surface area contributed by atoms with E-state index in [-0.39, 0.29) is 18.0 Å². The summed E-state index contributed by atoms with van der Waals surface area (Å²) in [4.78, 5) is 19.7. The first-order valence-electron chi connectivity index (χ1n) is 4.86. The van der Waals surface area contributed by atoms with Crippen molar-refractivity contribution in [1.29, 1.82) is 0 Å². The smallest absolute Gasteiger partial charge is 0.243 e. The van der Waals surface area contributed by atoms with E-state index in [9.17, 15) is 4.79 Å². The van der Waals surface area contributed by atoms with Crippen LogP contribution in [0.15, 0.2) is 33.5 Å². The van der Waals surface area contributed by atoms with Crippen molar-refractivity contribution in [3.05, 3.63) is 23.5 Å². The maximum absolute atomic E-state index is 11.4. The van der Waals surface area contributed by atoms with Gasteiger partial charge in [0.05, 0.1) is 5.70 Å². The molecule has 15 heavy (non-hydrogen) atoms. The highest BCUT2D eigenvalue weighted by Crippen LogP contribution is 2.21. The normalized spacial score (nSPS) is 31.8. The van der Waals surface area contributed by atoms with Gasteiger partial charge in [-0.25, -0.2) is 9.98 Å². The third-order valence-corrected chi connectivity index (χ3v) is 2.69. The van der Waals surface area contributed by atoms with Crippen LogP contribution in [0.3, 0.4) is 0 Å². The summed E-state index contributed by atoms with van der Waals surface area (Å²) in [5.74, 6) is 0.718. The molecule has 1 fully saturated rings. The molecule has 2 atom stereocenters. The van der Waals surface area contributed by atoms with Crippen LogP contribution >= 0.6 is 0 Å². The number of amides is 1. The van der Waals surface area contributed by atoms with Gasteiger partial charge in [0, 0.05) is 18.0 Å². The zero-order valence-electron chi connectivity index (χ0n) is 8.19. The van der Waals surface area contributed by atoms with Gasteiger partial charge < -0.3 is 10.6 Å². The van der Waals surface area contributed by atoms with Gasteiger partial charge in [-0.15, -0.1) is 0 Å². The second-order valence-corrected chi connectivity index (χ2v) is 3.73. The minimum atomic E-state index is -0.203. The van der Waals surface area contributed by atoms with Gasteiger partial charge in [-0.1, -0.05) is 0 Å². The van der Waals surface area contributed by atoms with Gasteiger partial charge in [0.1, 0.15) is 12.1 Å². The monoisotopic (exact) mass is 202 g/mol. The molecular formula is C10H10N4O. The summed E-state index contributed by atoms with van der Waals surface area (Å²) in [5, 5.41) is 6.07. The summed E-state index contributed by atoms with van der Waals surface area (Å²) >= 11 is 0. The van der Waals surface area contributed by atoms with E-state index in [0.29, 0.717) is 0 Å². The number of carbonyl (C=O) groups excluding carboxylic acids is 1. The number of aliphatic imine (C=N–C) groups is 2. The lowest BCUT2D eigenvalue weighted by Crippen LogP contribution is -2.57. The molecular weight excluding hydrogens is 192 g/mol. The molecule has 5 nitrogen and oxygen atoms in total. The number of hydrogen-bond donors (Lipinski definition) is 2. The number of hydrogen-bond acceptors (Lipinski definition) is 4. The number of carbonyl (C=O) groups is 1. The van der Waals surface area contributed by atoms with Crippen LogP contribution in [0.4, 0.5) is 0 Å². The summed E-state index contributed by atoms with van der Waals surface area (Å²) < 4.78 is 0. The lowest BCUT2D eigenvalue weighted by atomic mass is 10.0. The van der Waals surface area contributed by atoms with Gasteiger partial charge >= 0.3 is 0 Å². The number of piperazine rings is 1. The standard InChI is InChI=1S/C10H10N4O/c1-5-10(15)14-7-4-12-9-6(2-3-11-9)8(7)13-5/h2-5,7,13H,1H3,(H,14,15). The van der Waals surface area contributed by atoms with Gasteiger partial charge in [-0.3, -0.25) is 4.79 Å². The fraction of sp³-hybridized carbons (Fsp3) is 0.300. The molecule has 1 amide bonds. The molecule has 5 heteroatoms. The van der Waals surface area contributed by atoms with Crippen molar-refractivity contribution in [2.24, 2.45) is 9.98 Å². The van der Waals surface area contributed by atoms with E-state index in [2.05, 4.69) is 20.6 Å². The highest BCUT2D eigenvalue weighted by molar-refractivity contribution is 6.11. The Morgan fingerprint density at radius 3 is 3.13 bits per heavy atom. The van der Waals surface area contributed by atoms with Crippen molar-refractivity contribution in [2.45, 2.75) is 19.0 Å². The van der Waals surface area contributed by atoms with Crippen LogP contribution in [0.1, 0.15) is 6.92 Å². The molecule has 0 saturated carbocycles. The van der Waals surface area contributed by atoms with E-state index in [1.165, 1.54) is 0 Å². The molecule has 0 radical (unpaired) electrons. The average molecular weight is 202 g/mol. The Balaban J connectivity index is 2.05. The molecule has 1 saturated heterocycles. The minimum Gasteiger partial charge on any atom is -0.375 e. The molecule has 76 valence electrons. The average Bonchev–Trinajstić information content (AvgIpc) is 2.68. The molecule has 0 spiro atoms. The van der Waals surface area contributed by atoms with E-state index in [1.54, 1.807) is 12.4 Å². The summed E-state index contributed by atoms with van der Waals surface area (Å²) in [7, 11) is 0. The number of dihydropyridines is 1. The predicted molar refractivity (Wildman–Crippen MR) is 56.6 cm³/mol. The number of amidine groups is 1. The van der Waals surface area contributed by atoms with Crippen molar-refractivity contribution in [3.8, 4) is 0 Å². The fourth-order valence-corrected chi connectivity index (χ4v) is 1.88. The van der Waals surface area contributed by atoms with Gasteiger partial charge in [0.25, 0.3) is 0 Å². The molecule has 0 aromatic heterocycles. The Bertz CT molecular complexity index is 458. The Kier molecular flexibility index (Phi) is 1.56. The van der Waals surface area contributed by atoms with E-state index in [0.717, 1.165) is 17.1 Å². The van der Waals surface area contributed by atoms with E-state index in [4.69, 9.17) is 0 Å². The van der Waals surface area contributed by atoms with Gasteiger partial charge in [-0.05, 0) is 13.0 Å². The maximum atomic E-state index is 11.4.